The highest BCUT2D eigenvalue weighted by atomic mass is 32.1. The SMILES string of the molecule is CCCNc1nc(C(C)C)nc2c1ncn2[C@@H]1O[C@H](CS)[C@@H](O)[C@H]1O. The topological polar surface area (TPSA) is 105 Å². The van der Waals surface area contributed by atoms with Crippen molar-refractivity contribution in [3.05, 3.63) is 12.2 Å². The second kappa shape index (κ2) is 7.45. The van der Waals surface area contributed by atoms with Gasteiger partial charge in [-0.05, 0) is 6.42 Å². The van der Waals surface area contributed by atoms with E-state index in [2.05, 4.69) is 39.8 Å². The second-order valence-corrected chi connectivity index (χ2v) is 6.93. The van der Waals surface area contributed by atoms with Crippen LogP contribution in [0.15, 0.2) is 6.33 Å². The Bertz CT molecular complexity index is 738. The molecule has 9 heteroatoms. The Hall–Kier alpha value is -1.42. The fourth-order valence-corrected chi connectivity index (χ4v) is 3.16. The number of hydrogen-bond donors (Lipinski definition) is 4. The number of aromatic nitrogens is 4. The Morgan fingerprint density at radius 1 is 1.32 bits per heavy atom. The number of nitrogens with one attached hydrogen (secondary N) is 1. The molecule has 0 saturated carbocycles. The molecule has 2 aromatic heterocycles. The molecule has 0 bridgehead atoms. The predicted octanol–water partition coefficient (Wildman–Crippen LogP) is 1.32. The first-order chi connectivity index (χ1) is 12.0. The van der Waals surface area contributed by atoms with Crippen LogP contribution in [0.4, 0.5) is 5.82 Å². The number of ether oxygens (including phenoxy) is 1. The summed E-state index contributed by atoms with van der Waals surface area (Å²) in [5.41, 5.74) is 1.20. The molecule has 0 amide bonds. The van der Waals surface area contributed by atoms with E-state index >= 15 is 0 Å². The number of fused-ring (bicyclic) bond motifs is 1. The summed E-state index contributed by atoms with van der Waals surface area (Å²) >= 11 is 4.17. The van der Waals surface area contributed by atoms with Crippen molar-refractivity contribution in [1.82, 2.24) is 19.5 Å². The monoisotopic (exact) mass is 367 g/mol. The van der Waals surface area contributed by atoms with Gasteiger partial charge in [0.25, 0.3) is 0 Å². The number of rotatable bonds is 6. The van der Waals surface area contributed by atoms with Crippen molar-refractivity contribution in [1.29, 1.82) is 0 Å². The molecule has 1 fully saturated rings. The van der Waals surface area contributed by atoms with Crippen LogP contribution in [-0.4, -0.2) is 60.3 Å². The first-order valence-electron chi connectivity index (χ1n) is 8.58. The maximum atomic E-state index is 10.4. The summed E-state index contributed by atoms with van der Waals surface area (Å²) in [4.78, 5) is 13.6. The molecule has 25 heavy (non-hydrogen) atoms. The summed E-state index contributed by atoms with van der Waals surface area (Å²) in [5, 5.41) is 23.8. The third-order valence-corrected chi connectivity index (χ3v) is 4.65. The van der Waals surface area contributed by atoms with Crippen molar-refractivity contribution in [2.24, 2.45) is 0 Å². The largest absolute Gasteiger partial charge is 0.387 e. The minimum Gasteiger partial charge on any atom is -0.387 e. The normalized spacial score (nSPS) is 26.7. The zero-order valence-electron chi connectivity index (χ0n) is 14.6. The molecular weight excluding hydrogens is 342 g/mol. The quantitative estimate of drug-likeness (QED) is 0.571. The van der Waals surface area contributed by atoms with E-state index in [1.54, 1.807) is 10.9 Å². The van der Waals surface area contributed by atoms with Crippen molar-refractivity contribution in [3.63, 3.8) is 0 Å². The summed E-state index contributed by atoms with van der Waals surface area (Å²) < 4.78 is 7.44. The third kappa shape index (κ3) is 3.33. The average Bonchev–Trinajstić information content (AvgIpc) is 3.14. The van der Waals surface area contributed by atoms with Crippen LogP contribution in [0.3, 0.4) is 0 Å². The number of aliphatic hydroxyl groups is 2. The van der Waals surface area contributed by atoms with E-state index in [9.17, 15) is 10.2 Å². The fraction of sp³-hybridized carbons (Fsp3) is 0.688. The lowest BCUT2D eigenvalue weighted by atomic mass is 10.1. The molecule has 3 N–H and O–H groups in total. The van der Waals surface area contributed by atoms with E-state index in [4.69, 9.17) is 4.74 Å². The molecule has 2 aromatic rings. The summed E-state index contributed by atoms with van der Waals surface area (Å²) in [6.45, 7) is 6.90. The number of thiol groups is 1. The first kappa shape index (κ1) is 18.4. The van der Waals surface area contributed by atoms with Crippen LogP contribution in [0.25, 0.3) is 11.2 Å². The van der Waals surface area contributed by atoms with Gasteiger partial charge in [-0.25, -0.2) is 15.0 Å². The summed E-state index contributed by atoms with van der Waals surface area (Å²) in [7, 11) is 0. The van der Waals surface area contributed by atoms with Gasteiger partial charge in [-0.2, -0.15) is 12.6 Å². The van der Waals surface area contributed by atoms with Crippen molar-refractivity contribution >= 4 is 29.6 Å². The smallest absolute Gasteiger partial charge is 0.168 e. The van der Waals surface area contributed by atoms with E-state index in [0.29, 0.717) is 28.6 Å². The van der Waals surface area contributed by atoms with Crippen LogP contribution in [0, 0.1) is 0 Å². The zero-order valence-corrected chi connectivity index (χ0v) is 15.5. The molecule has 3 rings (SSSR count). The van der Waals surface area contributed by atoms with Gasteiger partial charge in [0, 0.05) is 18.2 Å². The Morgan fingerprint density at radius 3 is 2.68 bits per heavy atom. The average molecular weight is 367 g/mol. The van der Waals surface area contributed by atoms with Gasteiger partial charge in [0.15, 0.2) is 23.2 Å². The number of nitrogens with zero attached hydrogens (tertiary/aromatic N) is 4. The van der Waals surface area contributed by atoms with E-state index in [-0.39, 0.29) is 5.92 Å². The fourth-order valence-electron chi connectivity index (χ4n) is 2.85. The lowest BCUT2D eigenvalue weighted by Crippen LogP contribution is -2.32. The van der Waals surface area contributed by atoms with E-state index in [1.807, 2.05) is 13.8 Å². The molecule has 8 nitrogen and oxygen atoms in total. The zero-order chi connectivity index (χ0) is 18.1. The number of aliphatic hydroxyl groups excluding tert-OH is 2. The van der Waals surface area contributed by atoms with Crippen molar-refractivity contribution in [2.45, 2.75) is 57.6 Å². The molecule has 1 aliphatic rings. The van der Waals surface area contributed by atoms with Gasteiger partial charge in [0.05, 0.1) is 12.4 Å². The number of imidazole rings is 1. The molecule has 0 aromatic carbocycles. The molecule has 3 heterocycles. The van der Waals surface area contributed by atoms with Crippen molar-refractivity contribution in [3.8, 4) is 0 Å². The highest BCUT2D eigenvalue weighted by Crippen LogP contribution is 2.33. The first-order valence-corrected chi connectivity index (χ1v) is 9.22. The van der Waals surface area contributed by atoms with Gasteiger partial charge >= 0.3 is 0 Å². The highest BCUT2D eigenvalue weighted by molar-refractivity contribution is 7.80. The van der Waals surface area contributed by atoms with Gasteiger partial charge in [0.2, 0.25) is 0 Å². The highest BCUT2D eigenvalue weighted by Gasteiger charge is 2.43. The third-order valence-electron chi connectivity index (χ3n) is 4.29. The lowest BCUT2D eigenvalue weighted by Gasteiger charge is -2.17. The van der Waals surface area contributed by atoms with Crippen LogP contribution >= 0.6 is 12.6 Å². The molecule has 1 saturated heterocycles. The molecule has 4 atom stereocenters. The van der Waals surface area contributed by atoms with Gasteiger partial charge in [-0.3, -0.25) is 4.57 Å². The van der Waals surface area contributed by atoms with Crippen LogP contribution < -0.4 is 5.32 Å². The van der Waals surface area contributed by atoms with Gasteiger partial charge in [0.1, 0.15) is 18.0 Å². The molecule has 138 valence electrons. The lowest BCUT2D eigenvalue weighted by molar-refractivity contribution is -0.0288. The standard InChI is InChI=1S/C16H25N5O3S/c1-4-5-17-14-10-15(20-13(19-14)8(2)3)21(7-18-10)16-12(23)11(22)9(6-25)24-16/h7-9,11-12,16,22-23,25H,4-6H2,1-3H3,(H,17,19,20)/t9-,11-,12-,16-/m1/s1. The van der Waals surface area contributed by atoms with E-state index in [1.165, 1.54) is 0 Å². The molecule has 0 aliphatic carbocycles. The van der Waals surface area contributed by atoms with E-state index in [0.717, 1.165) is 13.0 Å². The van der Waals surface area contributed by atoms with E-state index < -0.39 is 24.5 Å². The molecule has 0 radical (unpaired) electrons. The summed E-state index contributed by atoms with van der Waals surface area (Å²) in [6, 6.07) is 0. The van der Waals surface area contributed by atoms with Crippen LogP contribution in [-0.2, 0) is 4.74 Å². The maximum absolute atomic E-state index is 10.4. The number of hydrogen-bond acceptors (Lipinski definition) is 8. The molecule has 0 spiro atoms. The van der Waals surface area contributed by atoms with Gasteiger partial charge < -0.3 is 20.3 Å². The number of anilines is 1. The van der Waals surface area contributed by atoms with Crippen molar-refractivity contribution < 1.29 is 14.9 Å². The molecule has 1 aliphatic heterocycles. The molecule has 0 unspecified atom stereocenters. The Morgan fingerprint density at radius 2 is 2.08 bits per heavy atom. The Balaban J connectivity index is 2.06. The predicted molar refractivity (Wildman–Crippen MR) is 98.0 cm³/mol. The van der Waals surface area contributed by atoms with Crippen LogP contribution in [0.2, 0.25) is 0 Å². The molecular formula is C16H25N5O3S. The summed E-state index contributed by atoms with van der Waals surface area (Å²) in [6.07, 6.45) is -0.829. The van der Waals surface area contributed by atoms with Crippen LogP contribution in [0.1, 0.15) is 45.2 Å². The summed E-state index contributed by atoms with van der Waals surface area (Å²) in [5.74, 6) is 1.82. The second-order valence-electron chi connectivity index (χ2n) is 6.56. The minimum absolute atomic E-state index is 0.139. The van der Waals surface area contributed by atoms with Gasteiger partial charge in [-0.15, -0.1) is 0 Å². The van der Waals surface area contributed by atoms with Crippen molar-refractivity contribution in [2.75, 3.05) is 17.6 Å². The van der Waals surface area contributed by atoms with Gasteiger partial charge in [-0.1, -0.05) is 20.8 Å². The van der Waals surface area contributed by atoms with Crippen LogP contribution in [0.5, 0.6) is 0 Å². The minimum atomic E-state index is -1.07. The Labute approximate surface area is 152 Å². The maximum Gasteiger partial charge on any atom is 0.168 e. The Kier molecular flexibility index (Phi) is 5.47.